The van der Waals surface area contributed by atoms with E-state index in [0.29, 0.717) is 29.7 Å². The van der Waals surface area contributed by atoms with Crippen molar-refractivity contribution in [3.05, 3.63) is 77.9 Å². The summed E-state index contributed by atoms with van der Waals surface area (Å²) in [4.78, 5) is 39.9. The number of aliphatic carboxylic acids is 1. The van der Waals surface area contributed by atoms with Gasteiger partial charge in [0.25, 0.3) is 0 Å². The third kappa shape index (κ3) is 3.93. The molecule has 3 fully saturated rings. The van der Waals surface area contributed by atoms with E-state index in [4.69, 9.17) is 4.74 Å². The SMILES string of the molecule is C[C@]12C=CC(=O)C=C1CC[C@H]1[C@@H]3CC[C@@](OC(=O)c4ccc(Sc5ccccc5)c(O)c4)(C(=O)O)[C@@]3(C)C[C@H](O)C12F. The standard InChI is InChI=1S/C33H33FO7S/c1-30-14-12-21(35)17-20(30)9-10-24-23-13-15-32(29(39)40,31(23,2)18-27(37)33(24,30)34)41-28(38)19-8-11-26(25(36)16-19)42-22-6-4-3-5-7-22/h3-8,11-12,14,16-17,23-24,27,36-37H,9-10,13,15,18H2,1-2H3,(H,39,40)/t23-,24-,27-,30-,31-,32+,33?/m0/s1. The first-order valence-electron chi connectivity index (χ1n) is 14.2. The molecule has 0 aromatic heterocycles. The molecule has 3 saturated carbocycles. The lowest BCUT2D eigenvalue weighted by molar-refractivity contribution is -0.222. The zero-order valence-electron chi connectivity index (χ0n) is 23.4. The van der Waals surface area contributed by atoms with E-state index in [0.717, 1.165) is 4.90 Å². The topological polar surface area (TPSA) is 121 Å². The van der Waals surface area contributed by atoms with Crippen molar-refractivity contribution in [1.82, 2.24) is 0 Å². The van der Waals surface area contributed by atoms with Crippen LogP contribution >= 0.6 is 11.8 Å². The average Bonchev–Trinajstić information content (AvgIpc) is 3.24. The van der Waals surface area contributed by atoms with Crippen LogP contribution in [-0.2, 0) is 14.3 Å². The van der Waals surface area contributed by atoms with Crippen molar-refractivity contribution in [2.75, 3.05) is 0 Å². The largest absolute Gasteiger partial charge is 0.507 e. The summed E-state index contributed by atoms with van der Waals surface area (Å²) in [5.74, 6) is -3.80. The number of aliphatic hydroxyl groups excluding tert-OH is 1. The van der Waals surface area contributed by atoms with Crippen LogP contribution in [0.15, 0.2) is 82.1 Å². The van der Waals surface area contributed by atoms with E-state index < -0.39 is 52.0 Å². The smallest absolute Gasteiger partial charge is 0.348 e. The number of rotatable bonds is 5. The maximum Gasteiger partial charge on any atom is 0.348 e. The van der Waals surface area contributed by atoms with Crippen LogP contribution in [-0.4, -0.2) is 50.4 Å². The van der Waals surface area contributed by atoms with Gasteiger partial charge in [-0.05, 0) is 87.4 Å². The molecule has 2 aromatic rings. The number of aromatic hydroxyl groups is 1. The summed E-state index contributed by atoms with van der Waals surface area (Å²) in [7, 11) is 0. The van der Waals surface area contributed by atoms with E-state index in [-0.39, 0.29) is 29.9 Å². The number of alkyl halides is 1. The number of phenols is 1. The van der Waals surface area contributed by atoms with Gasteiger partial charge in [0.05, 0.1) is 16.6 Å². The number of ketones is 1. The maximum atomic E-state index is 17.3. The molecule has 0 heterocycles. The lowest BCUT2D eigenvalue weighted by atomic mass is 9.45. The molecule has 0 bridgehead atoms. The summed E-state index contributed by atoms with van der Waals surface area (Å²) in [6, 6.07) is 13.7. The second-order valence-electron chi connectivity index (χ2n) is 12.4. The minimum absolute atomic E-state index is 0.00857. The first kappa shape index (κ1) is 28.7. The Hall–Kier alpha value is -3.43. The number of carboxylic acid groups (broad SMARTS) is 1. The number of ether oxygens (including phenoxy) is 1. The minimum Gasteiger partial charge on any atom is -0.507 e. The lowest BCUT2D eigenvalue weighted by Crippen LogP contribution is -2.69. The number of carbonyl (C=O) groups excluding carboxylic acids is 2. The molecule has 4 aliphatic carbocycles. The van der Waals surface area contributed by atoms with Gasteiger partial charge in [-0.3, -0.25) is 4.79 Å². The zero-order valence-corrected chi connectivity index (χ0v) is 24.2. The Morgan fingerprint density at radius 3 is 2.50 bits per heavy atom. The molecule has 3 N–H and O–H groups in total. The predicted molar refractivity (Wildman–Crippen MR) is 153 cm³/mol. The highest BCUT2D eigenvalue weighted by molar-refractivity contribution is 7.99. The molecule has 0 saturated heterocycles. The molecule has 9 heteroatoms. The van der Waals surface area contributed by atoms with Gasteiger partial charge in [0.15, 0.2) is 11.5 Å². The van der Waals surface area contributed by atoms with E-state index >= 15 is 4.39 Å². The van der Waals surface area contributed by atoms with E-state index in [1.807, 2.05) is 30.3 Å². The van der Waals surface area contributed by atoms with E-state index in [1.165, 1.54) is 36.0 Å². The molecule has 2 aromatic carbocycles. The highest BCUT2D eigenvalue weighted by Gasteiger charge is 2.76. The number of hydrogen-bond acceptors (Lipinski definition) is 7. The molecule has 0 radical (unpaired) electrons. The van der Waals surface area contributed by atoms with Gasteiger partial charge >= 0.3 is 11.9 Å². The van der Waals surface area contributed by atoms with Crippen LogP contribution in [0.4, 0.5) is 4.39 Å². The molecule has 6 rings (SSSR count). The molecule has 4 aliphatic rings. The van der Waals surface area contributed by atoms with Gasteiger partial charge in [0.2, 0.25) is 5.60 Å². The quantitative estimate of drug-likeness (QED) is 0.368. The molecular weight excluding hydrogens is 559 g/mol. The summed E-state index contributed by atoms with van der Waals surface area (Å²) in [5, 5.41) is 32.7. The molecule has 0 amide bonds. The Kier molecular flexibility index (Phi) is 6.70. The number of phenolic OH excluding ortho intramolecular Hbond substituents is 1. The van der Waals surface area contributed by atoms with Gasteiger partial charge in [-0.15, -0.1) is 0 Å². The van der Waals surface area contributed by atoms with Gasteiger partial charge in [-0.2, -0.15) is 0 Å². The monoisotopic (exact) mass is 592 g/mol. The van der Waals surface area contributed by atoms with Crippen LogP contribution in [0.2, 0.25) is 0 Å². The number of hydrogen-bond donors (Lipinski definition) is 3. The molecule has 0 spiro atoms. The molecule has 7 atom stereocenters. The minimum atomic E-state index is -2.12. The Morgan fingerprint density at radius 1 is 1.07 bits per heavy atom. The van der Waals surface area contributed by atoms with Gasteiger partial charge in [0, 0.05) is 21.6 Å². The number of allylic oxidation sites excluding steroid dienone is 4. The summed E-state index contributed by atoms with van der Waals surface area (Å²) in [6.07, 6.45) is 3.62. The normalized spacial score (nSPS) is 36.8. The van der Waals surface area contributed by atoms with Crippen molar-refractivity contribution in [3.8, 4) is 5.75 Å². The van der Waals surface area contributed by atoms with Crippen molar-refractivity contribution in [3.63, 3.8) is 0 Å². The number of esters is 1. The number of benzene rings is 2. The maximum absolute atomic E-state index is 17.3. The second-order valence-corrected chi connectivity index (χ2v) is 13.5. The predicted octanol–water partition coefficient (Wildman–Crippen LogP) is 5.89. The zero-order chi connectivity index (χ0) is 30.1. The second kappa shape index (κ2) is 9.81. The van der Waals surface area contributed by atoms with Crippen molar-refractivity contribution in [2.24, 2.45) is 22.7 Å². The van der Waals surface area contributed by atoms with Crippen molar-refractivity contribution in [2.45, 2.75) is 73.1 Å². The number of fused-ring (bicyclic) bond motifs is 5. The van der Waals surface area contributed by atoms with E-state index in [1.54, 1.807) is 26.0 Å². The number of aliphatic hydroxyl groups is 1. The number of carboxylic acids is 1. The summed E-state index contributed by atoms with van der Waals surface area (Å²) < 4.78 is 23.2. The van der Waals surface area contributed by atoms with Crippen LogP contribution in [0.3, 0.4) is 0 Å². The Labute approximate surface area is 247 Å². The molecule has 7 nitrogen and oxygen atoms in total. The number of carbonyl (C=O) groups is 3. The van der Waals surface area contributed by atoms with Gasteiger partial charge in [-0.25, -0.2) is 14.0 Å². The molecule has 1 unspecified atom stereocenters. The fraction of sp³-hybridized carbons (Fsp3) is 0.424. The van der Waals surface area contributed by atoms with E-state index in [2.05, 4.69) is 0 Å². The van der Waals surface area contributed by atoms with Crippen LogP contribution in [0, 0.1) is 22.7 Å². The van der Waals surface area contributed by atoms with Gasteiger partial charge in [0.1, 0.15) is 5.75 Å². The van der Waals surface area contributed by atoms with Crippen molar-refractivity contribution in [1.29, 1.82) is 0 Å². The summed E-state index contributed by atoms with van der Waals surface area (Å²) in [5.41, 5.74) is -5.95. The fourth-order valence-electron chi connectivity index (χ4n) is 8.32. The van der Waals surface area contributed by atoms with Crippen LogP contribution < -0.4 is 0 Å². The first-order valence-corrected chi connectivity index (χ1v) is 15.0. The highest BCUT2D eigenvalue weighted by atomic mass is 32.2. The Balaban J connectivity index is 1.30. The van der Waals surface area contributed by atoms with Crippen LogP contribution in [0.25, 0.3) is 0 Å². The Morgan fingerprint density at radius 2 is 1.81 bits per heavy atom. The third-order valence-corrected chi connectivity index (χ3v) is 11.6. The summed E-state index contributed by atoms with van der Waals surface area (Å²) in [6.45, 7) is 3.38. The fourth-order valence-corrected chi connectivity index (χ4v) is 9.17. The van der Waals surface area contributed by atoms with Gasteiger partial charge in [-0.1, -0.05) is 48.5 Å². The third-order valence-electron chi connectivity index (χ3n) is 10.5. The van der Waals surface area contributed by atoms with Crippen LogP contribution in [0.1, 0.15) is 56.3 Å². The Bertz CT molecular complexity index is 1540. The van der Waals surface area contributed by atoms with Gasteiger partial charge < -0.3 is 20.1 Å². The van der Waals surface area contributed by atoms with Crippen LogP contribution in [0.5, 0.6) is 5.75 Å². The molecule has 42 heavy (non-hydrogen) atoms. The van der Waals surface area contributed by atoms with Crippen molar-refractivity contribution >= 4 is 29.5 Å². The highest BCUT2D eigenvalue weighted by Crippen LogP contribution is 2.70. The molecule has 0 aliphatic heterocycles. The molecular formula is C33H33FO7S. The first-order chi connectivity index (χ1) is 19.9. The average molecular weight is 593 g/mol. The van der Waals surface area contributed by atoms with Crippen molar-refractivity contribution < 1.29 is 38.8 Å². The lowest BCUT2D eigenvalue weighted by Gasteiger charge is -2.62. The van der Waals surface area contributed by atoms with E-state index in [9.17, 15) is 29.7 Å². The summed E-state index contributed by atoms with van der Waals surface area (Å²) >= 11 is 1.32. The molecule has 220 valence electrons. The number of halogens is 1.